The van der Waals surface area contributed by atoms with Gasteiger partial charge in [0.1, 0.15) is 22.5 Å². The fourth-order valence-electron chi connectivity index (χ4n) is 6.54. The number of oxazole rings is 1. The third-order valence-electron chi connectivity index (χ3n) is 8.67. The molecule has 0 aliphatic rings. The van der Waals surface area contributed by atoms with Gasteiger partial charge in [-0.1, -0.05) is 82.3 Å². The van der Waals surface area contributed by atoms with Crippen molar-refractivity contribution in [2.24, 2.45) is 0 Å². The Hall–Kier alpha value is -5.16. The molecule has 0 aliphatic carbocycles. The monoisotopic (exact) mass is 595 g/mol. The standard InChI is InChI=1S/C40H35N3O2/c1-22(2)30-18-27(26-13-8-7-9-14-26)19-31(23(3)4)38(30)43-37-24(5)12-10-17-33(37)42-40(43)29-16-11-15-28-32-20-36-34(41-25(6)44-36)21-35(32)45-39(28)29/h7-23H,1-6H3/i5D3,6D3. The summed E-state index contributed by atoms with van der Waals surface area (Å²) in [7, 11) is 0. The SMILES string of the molecule is [2H]C([2H])([2H])c1nc2cc3oc4c(-c5nc6cccc(C([2H])([2H])[2H])c6n5-c5c(C(C)C)cc(-c6ccccc6)cc5C(C)C)cccc4c3cc2o1. The number of fused-ring (bicyclic) bond motifs is 5. The first-order valence-corrected chi connectivity index (χ1v) is 15.2. The molecule has 5 heteroatoms. The summed E-state index contributed by atoms with van der Waals surface area (Å²) < 4.78 is 63.3. The fourth-order valence-corrected chi connectivity index (χ4v) is 6.54. The zero-order chi connectivity index (χ0) is 36.0. The van der Waals surface area contributed by atoms with E-state index in [2.05, 4.69) is 56.9 Å². The molecule has 0 atom stereocenters. The molecule has 0 saturated heterocycles. The Morgan fingerprint density at radius 3 is 2.18 bits per heavy atom. The molecule has 5 nitrogen and oxygen atoms in total. The van der Waals surface area contributed by atoms with E-state index < -0.39 is 13.7 Å². The maximum atomic E-state index is 8.59. The molecule has 0 spiro atoms. The Bertz CT molecular complexity index is 2600. The molecule has 0 bridgehead atoms. The highest BCUT2D eigenvalue weighted by molar-refractivity contribution is 6.12. The van der Waals surface area contributed by atoms with E-state index in [0.29, 0.717) is 44.7 Å². The van der Waals surface area contributed by atoms with Gasteiger partial charge in [-0.15, -0.1) is 0 Å². The van der Waals surface area contributed by atoms with Crippen molar-refractivity contribution in [3.05, 3.63) is 114 Å². The molecule has 0 N–H and O–H groups in total. The van der Waals surface area contributed by atoms with Gasteiger partial charge in [0.15, 0.2) is 11.5 Å². The molecule has 8 aromatic rings. The molecule has 0 aliphatic heterocycles. The fraction of sp³-hybridized carbons (Fsp3) is 0.200. The predicted octanol–water partition coefficient (Wildman–Crippen LogP) is 11.3. The van der Waals surface area contributed by atoms with Gasteiger partial charge in [0.2, 0.25) is 0 Å². The van der Waals surface area contributed by atoms with Crippen LogP contribution in [0.1, 0.15) is 70.3 Å². The van der Waals surface area contributed by atoms with Gasteiger partial charge in [-0.25, -0.2) is 9.97 Å². The number of aromatic nitrogens is 3. The van der Waals surface area contributed by atoms with Crippen molar-refractivity contribution in [3.8, 4) is 28.2 Å². The van der Waals surface area contributed by atoms with Crippen molar-refractivity contribution < 1.29 is 17.1 Å². The second kappa shape index (κ2) is 10.2. The van der Waals surface area contributed by atoms with Gasteiger partial charge < -0.3 is 8.83 Å². The molecule has 45 heavy (non-hydrogen) atoms. The molecule has 0 radical (unpaired) electrons. The van der Waals surface area contributed by atoms with Crippen molar-refractivity contribution in [3.63, 3.8) is 0 Å². The van der Waals surface area contributed by atoms with Crippen molar-refractivity contribution in [2.75, 3.05) is 0 Å². The second-order valence-electron chi connectivity index (χ2n) is 12.2. The minimum absolute atomic E-state index is 0.0797. The molecule has 3 heterocycles. The average molecular weight is 596 g/mol. The lowest BCUT2D eigenvalue weighted by molar-refractivity contribution is 0.561. The third-order valence-corrected chi connectivity index (χ3v) is 8.67. The van der Waals surface area contributed by atoms with E-state index in [1.807, 2.05) is 47.0 Å². The maximum Gasteiger partial charge on any atom is 0.192 e. The molecule has 5 aromatic carbocycles. The lowest BCUT2D eigenvalue weighted by Crippen LogP contribution is -2.10. The third kappa shape index (κ3) is 4.29. The Morgan fingerprint density at radius 1 is 0.667 bits per heavy atom. The highest BCUT2D eigenvalue weighted by Crippen LogP contribution is 2.43. The van der Waals surface area contributed by atoms with Crippen LogP contribution in [-0.4, -0.2) is 14.5 Å². The van der Waals surface area contributed by atoms with Crippen LogP contribution in [0.3, 0.4) is 0 Å². The van der Waals surface area contributed by atoms with Gasteiger partial charge >= 0.3 is 0 Å². The van der Waals surface area contributed by atoms with Crippen LogP contribution in [0.2, 0.25) is 0 Å². The summed E-state index contributed by atoms with van der Waals surface area (Å²) in [6.07, 6.45) is 0. The topological polar surface area (TPSA) is 57.0 Å². The molecule has 3 aromatic heterocycles. The highest BCUT2D eigenvalue weighted by Gasteiger charge is 2.26. The zero-order valence-electron chi connectivity index (χ0n) is 31.5. The van der Waals surface area contributed by atoms with E-state index >= 15 is 0 Å². The summed E-state index contributed by atoms with van der Waals surface area (Å²) in [4.78, 5) is 9.40. The number of imidazole rings is 1. The average Bonchev–Trinajstić information content (AvgIpc) is 3.79. The van der Waals surface area contributed by atoms with Crippen LogP contribution in [0.5, 0.6) is 0 Å². The van der Waals surface area contributed by atoms with Gasteiger partial charge in [0.05, 0.1) is 22.3 Å². The summed E-state index contributed by atoms with van der Waals surface area (Å²) >= 11 is 0. The molecule has 0 saturated carbocycles. The van der Waals surface area contributed by atoms with E-state index in [4.69, 9.17) is 22.0 Å². The van der Waals surface area contributed by atoms with Crippen LogP contribution in [0, 0.1) is 13.7 Å². The molecule has 0 amide bonds. The van der Waals surface area contributed by atoms with Crippen LogP contribution in [0.15, 0.2) is 99.8 Å². The van der Waals surface area contributed by atoms with Gasteiger partial charge in [0.25, 0.3) is 0 Å². The molecule has 222 valence electrons. The first kappa shape index (κ1) is 21.5. The quantitative estimate of drug-likeness (QED) is 0.199. The number of furan rings is 1. The highest BCUT2D eigenvalue weighted by atomic mass is 16.3. The first-order chi connectivity index (χ1) is 24.2. The Kier molecular flexibility index (Phi) is 4.88. The summed E-state index contributed by atoms with van der Waals surface area (Å²) in [6, 6.07) is 29.2. The summed E-state index contributed by atoms with van der Waals surface area (Å²) in [5, 5.41) is 1.51. The lowest BCUT2D eigenvalue weighted by atomic mass is 9.88. The van der Waals surface area contributed by atoms with Crippen molar-refractivity contribution in [1.82, 2.24) is 14.5 Å². The molecule has 0 fully saturated rings. The maximum absolute atomic E-state index is 8.59. The van der Waals surface area contributed by atoms with E-state index in [1.54, 1.807) is 24.3 Å². The number of benzene rings is 5. The van der Waals surface area contributed by atoms with E-state index in [1.165, 1.54) is 0 Å². The number of hydrogen-bond donors (Lipinski definition) is 0. The van der Waals surface area contributed by atoms with Gasteiger partial charge in [-0.05, 0) is 76.8 Å². The Morgan fingerprint density at radius 2 is 1.44 bits per heavy atom. The first-order valence-electron chi connectivity index (χ1n) is 18.2. The van der Waals surface area contributed by atoms with Gasteiger partial charge in [0, 0.05) is 31.9 Å². The van der Waals surface area contributed by atoms with E-state index in [-0.39, 0.29) is 23.3 Å². The number of aryl methyl sites for hydroxylation is 2. The zero-order valence-corrected chi connectivity index (χ0v) is 25.5. The van der Waals surface area contributed by atoms with Crippen molar-refractivity contribution >= 4 is 44.1 Å². The lowest BCUT2D eigenvalue weighted by Gasteiger charge is -2.24. The van der Waals surface area contributed by atoms with Crippen LogP contribution >= 0.6 is 0 Å². The number of nitrogens with zero attached hydrogens (tertiary/aromatic N) is 3. The number of rotatable bonds is 5. The molecule has 0 unspecified atom stereocenters. The smallest absolute Gasteiger partial charge is 0.192 e. The van der Waals surface area contributed by atoms with Gasteiger partial charge in [-0.2, -0.15) is 0 Å². The number of hydrogen-bond acceptors (Lipinski definition) is 4. The summed E-state index contributed by atoms with van der Waals surface area (Å²) in [5.74, 6) is 0.385. The van der Waals surface area contributed by atoms with Crippen LogP contribution in [0.4, 0.5) is 0 Å². The van der Waals surface area contributed by atoms with E-state index in [9.17, 15) is 0 Å². The summed E-state index contributed by atoms with van der Waals surface area (Å²) in [5.41, 5.74) is 8.99. The molecular formula is C40H35N3O2. The van der Waals surface area contributed by atoms with Crippen LogP contribution < -0.4 is 0 Å². The second-order valence-corrected chi connectivity index (χ2v) is 12.2. The largest absolute Gasteiger partial charge is 0.455 e. The van der Waals surface area contributed by atoms with Crippen LogP contribution in [-0.2, 0) is 0 Å². The Balaban J connectivity index is 1.48. The minimum atomic E-state index is -2.48. The normalized spacial score (nSPS) is 14.7. The van der Waals surface area contributed by atoms with Gasteiger partial charge in [-0.3, -0.25) is 4.57 Å². The predicted molar refractivity (Wildman–Crippen MR) is 184 cm³/mol. The number of para-hydroxylation sites is 2. The molecule has 8 rings (SSSR count). The van der Waals surface area contributed by atoms with E-state index in [0.717, 1.165) is 38.7 Å². The molecular weight excluding hydrogens is 554 g/mol. The van der Waals surface area contributed by atoms with Crippen molar-refractivity contribution in [2.45, 2.75) is 53.2 Å². The van der Waals surface area contributed by atoms with Crippen molar-refractivity contribution in [1.29, 1.82) is 0 Å². The Labute approximate surface area is 270 Å². The van der Waals surface area contributed by atoms with Crippen LogP contribution in [0.25, 0.3) is 72.3 Å². The minimum Gasteiger partial charge on any atom is -0.455 e. The summed E-state index contributed by atoms with van der Waals surface area (Å²) in [6.45, 7) is 3.73.